The van der Waals surface area contributed by atoms with E-state index >= 15 is 0 Å². The number of fused-ring (bicyclic) bond motifs is 1. The Hall–Kier alpha value is -2.12. The molecule has 0 atom stereocenters. The predicted molar refractivity (Wildman–Crippen MR) is 110 cm³/mol. The van der Waals surface area contributed by atoms with Crippen molar-refractivity contribution in [3.63, 3.8) is 0 Å². The molecule has 0 fully saturated rings. The number of benzene rings is 1. The first-order chi connectivity index (χ1) is 12.4. The largest absolute Gasteiger partial charge is 0.325 e. The summed E-state index contributed by atoms with van der Waals surface area (Å²) in [6, 6.07) is 9.29. The minimum Gasteiger partial charge on any atom is -0.325 e. The lowest BCUT2D eigenvalue weighted by Crippen LogP contribution is -2.25. The Morgan fingerprint density at radius 2 is 1.96 bits per heavy atom. The molecule has 0 unspecified atom stereocenters. The van der Waals surface area contributed by atoms with Gasteiger partial charge in [0.25, 0.3) is 5.56 Å². The van der Waals surface area contributed by atoms with Gasteiger partial charge < -0.3 is 5.32 Å². The molecule has 136 valence electrons. The Balaban J connectivity index is 1.88. The third-order valence-electron chi connectivity index (χ3n) is 4.11. The summed E-state index contributed by atoms with van der Waals surface area (Å²) < 4.78 is 1.68. The second-order valence-corrected chi connectivity index (χ2v) is 8.48. The lowest BCUT2D eigenvalue weighted by atomic mass is 10.2. The molecule has 1 N–H and O–H groups in total. The number of hydrogen-bond acceptors (Lipinski definition) is 5. The number of carbonyl (C=O) groups excluding carboxylic acids is 1. The Labute approximate surface area is 160 Å². The quantitative estimate of drug-likeness (QED) is 0.521. The summed E-state index contributed by atoms with van der Waals surface area (Å²) >= 11 is 2.82. The molecule has 1 aromatic carbocycles. The number of thioether (sulfide) groups is 1. The number of carbonyl (C=O) groups is 1. The fraction of sp³-hybridized carbons (Fsp3) is 0.316. The van der Waals surface area contributed by atoms with Gasteiger partial charge in [-0.1, -0.05) is 30.0 Å². The molecule has 0 radical (unpaired) electrons. The Bertz CT molecular complexity index is 1010. The van der Waals surface area contributed by atoms with Crippen LogP contribution in [0.5, 0.6) is 0 Å². The van der Waals surface area contributed by atoms with Gasteiger partial charge in [-0.2, -0.15) is 0 Å². The van der Waals surface area contributed by atoms with Gasteiger partial charge in [0, 0.05) is 16.6 Å². The summed E-state index contributed by atoms with van der Waals surface area (Å²) in [4.78, 5) is 31.7. The van der Waals surface area contributed by atoms with E-state index in [1.54, 1.807) is 4.57 Å². The van der Waals surface area contributed by atoms with Gasteiger partial charge in [0.15, 0.2) is 5.16 Å². The molecule has 0 spiro atoms. The van der Waals surface area contributed by atoms with Crippen molar-refractivity contribution in [1.82, 2.24) is 9.55 Å². The first-order valence-electron chi connectivity index (χ1n) is 8.38. The van der Waals surface area contributed by atoms with Crippen molar-refractivity contribution in [2.45, 2.75) is 38.9 Å². The monoisotopic (exact) mass is 387 g/mol. The molecule has 0 saturated heterocycles. The smallest absolute Gasteiger partial charge is 0.263 e. The topological polar surface area (TPSA) is 64.0 Å². The summed E-state index contributed by atoms with van der Waals surface area (Å²) in [5.74, 6) is 0.0764. The molecule has 0 saturated carbocycles. The number of thiophene rings is 1. The molecule has 0 aliphatic rings. The Kier molecular flexibility index (Phi) is 5.48. The molecular weight excluding hydrogens is 366 g/mol. The number of nitrogens with zero attached hydrogens (tertiary/aromatic N) is 2. The maximum Gasteiger partial charge on any atom is 0.263 e. The highest BCUT2D eigenvalue weighted by Gasteiger charge is 2.19. The van der Waals surface area contributed by atoms with Crippen LogP contribution in [0.4, 0.5) is 5.69 Å². The minimum absolute atomic E-state index is 0.0290. The number of rotatable bonds is 5. The summed E-state index contributed by atoms with van der Waals surface area (Å²) in [5.41, 5.74) is 1.72. The molecule has 7 heteroatoms. The maximum absolute atomic E-state index is 13.0. The van der Waals surface area contributed by atoms with Crippen LogP contribution in [0.25, 0.3) is 10.2 Å². The number of anilines is 1. The van der Waals surface area contributed by atoms with E-state index in [2.05, 4.69) is 10.3 Å². The second-order valence-electron chi connectivity index (χ2n) is 6.33. The van der Waals surface area contributed by atoms with Gasteiger partial charge in [0.05, 0.1) is 11.1 Å². The fourth-order valence-electron chi connectivity index (χ4n) is 2.69. The highest BCUT2D eigenvalue weighted by Crippen LogP contribution is 2.29. The third-order valence-corrected chi connectivity index (χ3v) is 6.16. The van der Waals surface area contributed by atoms with Crippen LogP contribution in [0.3, 0.4) is 0 Å². The highest BCUT2D eigenvalue weighted by atomic mass is 32.2. The lowest BCUT2D eigenvalue weighted by Gasteiger charge is -2.15. The zero-order valence-corrected chi connectivity index (χ0v) is 16.8. The van der Waals surface area contributed by atoms with Crippen molar-refractivity contribution in [3.05, 3.63) is 51.1 Å². The number of aromatic nitrogens is 2. The van der Waals surface area contributed by atoms with E-state index in [1.165, 1.54) is 23.1 Å². The third kappa shape index (κ3) is 3.68. The first kappa shape index (κ1) is 18.7. The van der Waals surface area contributed by atoms with Gasteiger partial charge in [-0.25, -0.2) is 4.98 Å². The number of hydrogen-bond donors (Lipinski definition) is 1. The molecule has 2 heterocycles. The highest BCUT2D eigenvalue weighted by molar-refractivity contribution is 7.99. The van der Waals surface area contributed by atoms with E-state index in [1.807, 2.05) is 58.0 Å². The van der Waals surface area contributed by atoms with Crippen molar-refractivity contribution >= 4 is 44.9 Å². The van der Waals surface area contributed by atoms with Gasteiger partial charge in [-0.3, -0.25) is 14.2 Å². The zero-order valence-electron chi connectivity index (χ0n) is 15.2. The summed E-state index contributed by atoms with van der Waals surface area (Å²) in [6.45, 7) is 7.87. The van der Waals surface area contributed by atoms with E-state index in [-0.39, 0.29) is 23.3 Å². The SMILES string of the molecule is Cc1sc2nc(SCC(=O)Nc3ccccc3)n(C(C)C)c(=O)c2c1C. The van der Waals surface area contributed by atoms with Crippen LogP contribution >= 0.6 is 23.1 Å². The molecule has 3 aromatic rings. The van der Waals surface area contributed by atoms with Crippen LogP contribution < -0.4 is 10.9 Å². The number of amides is 1. The standard InChI is InChI=1S/C19H21N3O2S2/c1-11(2)22-18(24)16-12(3)13(4)26-17(16)21-19(22)25-10-15(23)20-14-8-6-5-7-9-14/h5-9,11H,10H2,1-4H3,(H,20,23). The first-order valence-corrected chi connectivity index (χ1v) is 10.2. The second kappa shape index (κ2) is 7.63. The minimum atomic E-state index is -0.121. The fourth-order valence-corrected chi connectivity index (χ4v) is 4.69. The van der Waals surface area contributed by atoms with Crippen LogP contribution in [0.2, 0.25) is 0 Å². The van der Waals surface area contributed by atoms with E-state index in [4.69, 9.17) is 0 Å². The molecular formula is C19H21N3O2S2. The van der Waals surface area contributed by atoms with Crippen LogP contribution in [-0.4, -0.2) is 21.2 Å². The average Bonchev–Trinajstić information content (AvgIpc) is 2.88. The molecule has 26 heavy (non-hydrogen) atoms. The van der Waals surface area contributed by atoms with Gasteiger partial charge >= 0.3 is 0 Å². The summed E-state index contributed by atoms with van der Waals surface area (Å²) in [5, 5.41) is 4.13. The van der Waals surface area contributed by atoms with Crippen molar-refractivity contribution in [2.24, 2.45) is 0 Å². The van der Waals surface area contributed by atoms with Crippen molar-refractivity contribution in [2.75, 3.05) is 11.1 Å². The van der Waals surface area contributed by atoms with E-state index in [0.29, 0.717) is 10.5 Å². The molecule has 0 aliphatic carbocycles. The van der Waals surface area contributed by atoms with Gasteiger partial charge in [-0.05, 0) is 45.4 Å². The summed E-state index contributed by atoms with van der Waals surface area (Å²) in [7, 11) is 0. The van der Waals surface area contributed by atoms with Crippen molar-refractivity contribution in [1.29, 1.82) is 0 Å². The van der Waals surface area contributed by atoms with Gasteiger partial charge in [-0.15, -0.1) is 11.3 Å². The molecule has 2 aromatic heterocycles. The van der Waals surface area contributed by atoms with Gasteiger partial charge in [0.1, 0.15) is 4.83 Å². The molecule has 1 amide bonds. The summed E-state index contributed by atoms with van der Waals surface area (Å²) in [6.07, 6.45) is 0. The Morgan fingerprint density at radius 3 is 2.62 bits per heavy atom. The molecule has 0 bridgehead atoms. The zero-order chi connectivity index (χ0) is 18.8. The number of para-hydroxylation sites is 1. The van der Waals surface area contributed by atoms with E-state index < -0.39 is 0 Å². The molecule has 5 nitrogen and oxygen atoms in total. The van der Waals surface area contributed by atoms with E-state index in [0.717, 1.165) is 21.0 Å². The number of aryl methyl sites for hydroxylation is 2. The van der Waals surface area contributed by atoms with Crippen LogP contribution in [-0.2, 0) is 4.79 Å². The van der Waals surface area contributed by atoms with E-state index in [9.17, 15) is 9.59 Å². The van der Waals surface area contributed by atoms with Crippen molar-refractivity contribution < 1.29 is 4.79 Å². The van der Waals surface area contributed by atoms with Gasteiger partial charge in [0.2, 0.25) is 5.91 Å². The maximum atomic E-state index is 13.0. The normalized spacial score (nSPS) is 11.3. The van der Waals surface area contributed by atoms with Crippen LogP contribution in [0.15, 0.2) is 40.3 Å². The average molecular weight is 388 g/mol. The Morgan fingerprint density at radius 1 is 1.27 bits per heavy atom. The lowest BCUT2D eigenvalue weighted by molar-refractivity contribution is -0.113. The molecule has 3 rings (SSSR count). The molecule has 0 aliphatic heterocycles. The van der Waals surface area contributed by atoms with Crippen LogP contribution in [0, 0.1) is 13.8 Å². The predicted octanol–water partition coefficient (Wildman–Crippen LogP) is 4.39. The van der Waals surface area contributed by atoms with Crippen molar-refractivity contribution in [3.8, 4) is 0 Å². The van der Waals surface area contributed by atoms with Crippen LogP contribution in [0.1, 0.15) is 30.3 Å². The number of nitrogens with one attached hydrogen (secondary N) is 1.